The summed E-state index contributed by atoms with van der Waals surface area (Å²) in [6.45, 7) is 6.58. The number of carbonyl (C=O) groups excluding carboxylic acids is 13. The first kappa shape index (κ1) is 97.0. The number of H-pyrrole nitrogens is 1. The Balaban J connectivity index is 0.000000423. The first-order chi connectivity index (χ1) is 56.1. The van der Waals surface area contributed by atoms with E-state index >= 15 is 0 Å². The van der Waals surface area contributed by atoms with Gasteiger partial charge in [0.15, 0.2) is 11.7 Å². The number of para-hydroxylation sites is 1. The minimum atomic E-state index is -1.39. The van der Waals surface area contributed by atoms with Crippen molar-refractivity contribution in [2.45, 2.75) is 280 Å². The minimum Gasteiger partial charge on any atom is -0.508 e. The molecular weight excluding hydrogens is 1500 g/mol. The number of likely N-dealkylation sites (N-methyl/N-ethyl adjacent to an activating group) is 1. The van der Waals surface area contributed by atoms with Crippen LogP contribution in [0.3, 0.4) is 0 Å². The number of phenols is 1. The summed E-state index contributed by atoms with van der Waals surface area (Å²) in [7, 11) is 1.55. The molecule has 4 aromatic rings. The topological polar surface area (TPSA) is 524 Å². The summed E-state index contributed by atoms with van der Waals surface area (Å²) in [5.74, 6) is -7.68. The van der Waals surface area contributed by atoms with Crippen LogP contribution in [0.1, 0.15) is 211 Å². The van der Waals surface area contributed by atoms with Gasteiger partial charge in [-0.2, -0.15) is 0 Å². The number of hydrogen-bond acceptors (Lipinski definition) is 18. The molecule has 2 fully saturated rings. The van der Waals surface area contributed by atoms with Gasteiger partial charge in [0.1, 0.15) is 54.1 Å². The Morgan fingerprint density at radius 3 is 1.85 bits per heavy atom. The molecule has 0 saturated carbocycles. The third-order valence-electron chi connectivity index (χ3n) is 20.7. The van der Waals surface area contributed by atoms with Gasteiger partial charge in [-0.3, -0.25) is 67.3 Å². The van der Waals surface area contributed by atoms with Crippen LogP contribution in [0.5, 0.6) is 5.75 Å². The summed E-state index contributed by atoms with van der Waals surface area (Å²) in [4.78, 5) is 181. The van der Waals surface area contributed by atoms with Crippen LogP contribution in [0.25, 0.3) is 10.9 Å². The third-order valence-corrected chi connectivity index (χ3v) is 20.7. The van der Waals surface area contributed by atoms with Crippen LogP contribution in [0.15, 0.2) is 90.1 Å². The average molecular weight is 1630 g/mol. The Labute approximate surface area is 686 Å². The molecule has 1 aromatic heterocycles. The van der Waals surface area contributed by atoms with E-state index in [1.165, 1.54) is 95.1 Å². The molecule has 33 nitrogen and oxygen atoms in total. The Morgan fingerprint density at radius 1 is 0.615 bits per heavy atom. The van der Waals surface area contributed by atoms with Gasteiger partial charge in [0, 0.05) is 88.2 Å². The molecule has 117 heavy (non-hydrogen) atoms. The van der Waals surface area contributed by atoms with E-state index in [1.54, 1.807) is 55.7 Å². The van der Waals surface area contributed by atoms with E-state index in [-0.39, 0.29) is 120 Å². The van der Waals surface area contributed by atoms with Crippen molar-refractivity contribution in [2.75, 3.05) is 39.8 Å². The fraction of sp³-hybridized carbons (Fsp3) is 0.595. The molecule has 0 spiro atoms. The van der Waals surface area contributed by atoms with Crippen molar-refractivity contribution in [1.82, 2.24) is 68.4 Å². The molecule has 6 rings (SSSR count). The molecule has 0 unspecified atom stereocenters. The van der Waals surface area contributed by atoms with Gasteiger partial charge < -0.3 is 101 Å². The largest absolute Gasteiger partial charge is 0.508 e. The van der Waals surface area contributed by atoms with E-state index in [1.807, 2.05) is 31.2 Å². The minimum absolute atomic E-state index is 0.00470. The standard InChI is InChI=1S/C43H60N12O8.C41H69N5O8/c1-47-32-16-17-36(57)48-18-8-7-14-30(37(44)58)51-40(61)34(21-26-23-50-29-13-6-5-12-28(26)29)53-38(59)31(15-9-19-49-43(45)46)52-39(60)33(20-25-10-3-2-4-11-25)54-41(62)35-22-27(56)24-55(35)42(32)63;1-5-7-9-10-11-12-13-14-15-16-17-18-19-21-37(50)42-27-26-38(51)43-30(3)39(52)45-35(28-32-22-24-33(49)25-23-32)40(53)46-36(29-47)41(54)44-34(31(4)48)20-8-6-2/h2-6,10-13,23,27,30-35,47,50,56H,7-9,14-22,24H2,1H3,(H2,44,58)(H,48,57)(H,51,61)(H,52,60)(H,53,59)(H,54,62)(H4,45,46,49);22-25,30,34-36,47,49H,5-21,26-29H2,1-4H3,(H,42,50)(H,43,51)(H,44,54)(H,45,52)(H,46,53)/t27-,30+,31+,32+,33-,34+,35+;30-,34-,35-,36-/m10/s1. The second-order valence-corrected chi connectivity index (χ2v) is 30.3. The number of nitrogens with zero attached hydrogens (tertiary/aromatic N) is 2. The number of hydrogen-bond donors (Lipinski definition) is 18. The number of aromatic amines is 1. The van der Waals surface area contributed by atoms with E-state index in [0.29, 0.717) is 48.8 Å². The number of unbranched alkanes of at least 4 members (excludes halogenated alkanes) is 13. The summed E-state index contributed by atoms with van der Waals surface area (Å²) in [6, 6.07) is 10.9. The van der Waals surface area contributed by atoms with Crippen LogP contribution in [-0.4, -0.2) is 214 Å². The van der Waals surface area contributed by atoms with Gasteiger partial charge in [0.2, 0.25) is 70.9 Å². The number of aromatic nitrogens is 1. The maximum absolute atomic E-state index is 14.4. The number of primary amides is 1. The van der Waals surface area contributed by atoms with Gasteiger partial charge in [0.05, 0.1) is 24.8 Å². The fourth-order valence-corrected chi connectivity index (χ4v) is 13.9. The van der Waals surface area contributed by atoms with E-state index in [0.717, 1.165) is 36.6 Å². The second kappa shape index (κ2) is 53.6. The lowest BCUT2D eigenvalue weighted by atomic mass is 10.0. The van der Waals surface area contributed by atoms with Crippen molar-refractivity contribution in [3.63, 3.8) is 0 Å². The Hall–Kier alpha value is -10.5. The van der Waals surface area contributed by atoms with Crippen LogP contribution in [-0.2, 0) is 81.6 Å². The lowest BCUT2D eigenvalue weighted by Crippen LogP contribution is -2.60. The SMILES string of the molecule is CCCCCCCCCCCCCCCC(=O)NCCC(=O)N[C@@H](C)C(=O)N[C@@H](Cc1ccc(O)cc1)C(=O)N[C@@H](CO)C(=O)N[C@@H](CCCC)C(C)=O.CN[C@H]1CCC(=O)NCCCC[C@@H](C(N)=O)NC(=O)[C@H](Cc2c[nH]c3ccccc23)NC(=O)[C@H](CCCN=C(N)N)NC(=O)[C@@H](Cc2ccccc2)NC(=O)[C@@H]2C[C@@H](O)CN2C1=O. The Morgan fingerprint density at radius 2 is 1.21 bits per heavy atom. The predicted molar refractivity (Wildman–Crippen MR) is 444 cm³/mol. The fourth-order valence-electron chi connectivity index (χ4n) is 13.9. The normalized spacial score (nSPS) is 19.6. The molecule has 2 saturated heterocycles. The van der Waals surface area contributed by atoms with Gasteiger partial charge in [-0.25, -0.2) is 0 Å². The van der Waals surface area contributed by atoms with Crippen molar-refractivity contribution in [2.24, 2.45) is 22.2 Å². The molecule has 11 atom stereocenters. The number of nitrogens with two attached hydrogens (primary N) is 3. The summed E-state index contributed by atoms with van der Waals surface area (Å²) in [5, 5.41) is 60.9. The number of benzene rings is 3. The number of fused-ring (bicyclic) bond motifs is 2. The van der Waals surface area contributed by atoms with Gasteiger partial charge in [-0.15, -0.1) is 0 Å². The Bertz CT molecular complexity index is 3840. The third kappa shape index (κ3) is 36.3. The van der Waals surface area contributed by atoms with Crippen LogP contribution < -0.4 is 75.7 Å². The number of rotatable bonds is 41. The quantitative estimate of drug-likeness (QED) is 0.0172. The first-order valence-corrected chi connectivity index (χ1v) is 41.6. The first-order valence-electron chi connectivity index (χ1n) is 41.6. The number of amides is 12. The molecule has 12 amide bonds. The zero-order chi connectivity index (χ0) is 85.6. The van der Waals surface area contributed by atoms with Crippen molar-refractivity contribution < 1.29 is 77.6 Å². The Kier molecular flexibility index (Phi) is 44.5. The number of nitrogens with one attached hydrogen (secondary N) is 12. The molecule has 646 valence electrons. The second-order valence-electron chi connectivity index (χ2n) is 30.3. The van der Waals surface area contributed by atoms with E-state index in [9.17, 15) is 77.6 Å². The summed E-state index contributed by atoms with van der Waals surface area (Å²) < 4.78 is 0. The maximum atomic E-state index is 14.4. The van der Waals surface area contributed by atoms with E-state index in [2.05, 4.69) is 75.4 Å². The zero-order valence-electron chi connectivity index (χ0n) is 68.8. The number of aromatic hydroxyl groups is 1. The monoisotopic (exact) mass is 1630 g/mol. The van der Waals surface area contributed by atoms with Crippen LogP contribution in [0, 0.1) is 0 Å². The zero-order valence-corrected chi connectivity index (χ0v) is 68.8. The summed E-state index contributed by atoms with van der Waals surface area (Å²) in [5.41, 5.74) is 19.6. The number of guanidine groups is 1. The predicted octanol–water partition coefficient (Wildman–Crippen LogP) is 2.71. The number of carbonyl (C=O) groups is 13. The molecule has 0 aliphatic carbocycles. The van der Waals surface area contributed by atoms with Gasteiger partial charge in [-0.05, 0) is 107 Å². The molecule has 0 radical (unpaired) electrons. The molecule has 2 aliphatic rings. The average Bonchev–Trinajstić information content (AvgIpc) is 1.69. The van der Waals surface area contributed by atoms with Crippen molar-refractivity contribution >= 4 is 93.5 Å². The number of aliphatic imine (C=N–C) groups is 1. The molecule has 3 heterocycles. The molecule has 2 aliphatic heterocycles. The summed E-state index contributed by atoms with van der Waals surface area (Å²) >= 11 is 0. The highest BCUT2D eigenvalue weighted by Crippen LogP contribution is 2.24. The lowest BCUT2D eigenvalue weighted by Gasteiger charge is -2.30. The maximum Gasteiger partial charge on any atom is 0.245 e. The number of aliphatic hydroxyl groups excluding tert-OH is 2. The van der Waals surface area contributed by atoms with Crippen molar-refractivity contribution in [1.29, 1.82) is 0 Å². The highest BCUT2D eigenvalue weighted by Gasteiger charge is 2.43. The van der Waals surface area contributed by atoms with E-state index < -0.39 is 132 Å². The van der Waals surface area contributed by atoms with Gasteiger partial charge >= 0.3 is 0 Å². The highest BCUT2D eigenvalue weighted by molar-refractivity contribution is 5.99. The molecule has 3 aromatic carbocycles. The van der Waals surface area contributed by atoms with Crippen molar-refractivity contribution in [3.8, 4) is 5.75 Å². The molecule has 33 heteroatoms. The van der Waals surface area contributed by atoms with E-state index in [4.69, 9.17) is 17.2 Å². The summed E-state index contributed by atoms with van der Waals surface area (Å²) in [6.07, 6.45) is 20.0. The number of Topliss-reactive ketones (excluding diaryl/α,β-unsaturated/α-hetero) is 1. The van der Waals surface area contributed by atoms with Gasteiger partial charge in [-0.1, -0.05) is 164 Å². The van der Waals surface area contributed by atoms with Crippen LogP contribution >= 0.6 is 0 Å². The molecule has 21 N–H and O–H groups in total. The lowest BCUT2D eigenvalue weighted by molar-refractivity contribution is -0.141. The van der Waals surface area contributed by atoms with Crippen LogP contribution in [0.4, 0.5) is 0 Å². The van der Waals surface area contributed by atoms with Crippen molar-refractivity contribution in [3.05, 3.63) is 102 Å². The number of phenolic OH excluding ortho intramolecular Hbond substituents is 1. The number of aliphatic hydroxyl groups is 2. The van der Waals surface area contributed by atoms with Gasteiger partial charge in [0.25, 0.3) is 0 Å². The number of ketones is 1. The molecule has 0 bridgehead atoms. The molecular formula is C84H129N17O16. The highest BCUT2D eigenvalue weighted by atomic mass is 16.3. The van der Waals surface area contributed by atoms with Crippen LogP contribution in [0.2, 0.25) is 0 Å². The smallest absolute Gasteiger partial charge is 0.245 e.